The van der Waals surface area contributed by atoms with Crippen LogP contribution in [0.5, 0.6) is 0 Å². The minimum Gasteiger partial charge on any atom is -0.382 e. The Balaban J connectivity index is 0. The molecule has 0 amide bonds. The van der Waals surface area contributed by atoms with Crippen LogP contribution in [0.4, 0.5) is 0 Å². The van der Waals surface area contributed by atoms with E-state index in [1.54, 1.807) is 6.20 Å². The third kappa shape index (κ3) is 11.9. The summed E-state index contributed by atoms with van der Waals surface area (Å²) in [6, 6.07) is 0. The third-order valence-electron chi connectivity index (χ3n) is 2.59. The van der Waals surface area contributed by atoms with E-state index in [9.17, 15) is 0 Å². The molecule has 3 nitrogen and oxygen atoms in total. The molecule has 0 unspecified atom stereocenters. The predicted octanol–water partition coefficient (Wildman–Crippen LogP) is 6.21. The minimum absolute atomic E-state index is 0.794. The second-order valence-corrected chi connectivity index (χ2v) is 5.31. The van der Waals surface area contributed by atoms with Crippen LogP contribution < -0.4 is 0 Å². The Morgan fingerprint density at radius 1 is 1.23 bits per heavy atom. The van der Waals surface area contributed by atoms with Crippen LogP contribution in [0, 0.1) is 6.92 Å². The second-order valence-electron chi connectivity index (χ2n) is 4.50. The minimum atomic E-state index is 0.794. The van der Waals surface area contributed by atoms with Gasteiger partial charge < -0.3 is 4.74 Å². The Kier molecular flexibility index (Phi) is 17.8. The number of aryl methyl sites for hydroxylation is 1. The van der Waals surface area contributed by atoms with Crippen LogP contribution in [0.25, 0.3) is 5.57 Å². The Bertz CT molecular complexity index is 402. The molecule has 0 N–H and O–H groups in total. The highest BCUT2D eigenvalue weighted by molar-refractivity contribution is 9.10. The van der Waals surface area contributed by atoms with Crippen molar-refractivity contribution in [3.05, 3.63) is 28.3 Å². The average molecular weight is 373 g/mol. The van der Waals surface area contributed by atoms with Crippen molar-refractivity contribution in [3.63, 3.8) is 0 Å². The van der Waals surface area contributed by atoms with E-state index in [4.69, 9.17) is 4.74 Å². The van der Waals surface area contributed by atoms with Gasteiger partial charge in [0.05, 0.1) is 17.6 Å². The summed E-state index contributed by atoms with van der Waals surface area (Å²) in [5, 5.41) is 0. The summed E-state index contributed by atoms with van der Waals surface area (Å²) in [5.74, 6) is 0. The number of ether oxygens (including phenoxy) is 1. The standard InChI is InChI=1S/C11H15BrN2.C5H12O.C2H6/c1-4-5-6-8(2)11-9(3)13-7-10(12)14-11;1-3-5-6-4-2;1-2/h6-7H,4-5H2,1-3H3;3-5H2,1-2H3;1-2H3/b8-6-;;. The Hall–Kier alpha value is -0.740. The summed E-state index contributed by atoms with van der Waals surface area (Å²) in [4.78, 5) is 8.67. The number of rotatable bonds is 6. The zero-order valence-corrected chi connectivity index (χ0v) is 17.0. The smallest absolute Gasteiger partial charge is 0.125 e. The van der Waals surface area contributed by atoms with E-state index in [-0.39, 0.29) is 0 Å². The van der Waals surface area contributed by atoms with Crippen molar-refractivity contribution in [1.82, 2.24) is 9.97 Å². The van der Waals surface area contributed by atoms with Gasteiger partial charge >= 0.3 is 0 Å². The van der Waals surface area contributed by atoms with Crippen LogP contribution in [0.1, 0.15) is 72.2 Å². The maximum absolute atomic E-state index is 4.98. The van der Waals surface area contributed by atoms with Crippen LogP contribution in [-0.4, -0.2) is 23.2 Å². The molecule has 4 heteroatoms. The maximum atomic E-state index is 4.98. The molecular weight excluding hydrogens is 340 g/mol. The second kappa shape index (κ2) is 16.6. The summed E-state index contributed by atoms with van der Waals surface area (Å²) in [6.45, 7) is 16.1. The normalized spacial score (nSPS) is 10.3. The molecule has 1 heterocycles. The van der Waals surface area contributed by atoms with E-state index >= 15 is 0 Å². The number of nitrogens with zero attached hydrogens (tertiary/aromatic N) is 2. The molecule has 0 aliphatic heterocycles. The number of aromatic nitrogens is 2. The van der Waals surface area contributed by atoms with E-state index in [2.05, 4.69) is 52.7 Å². The molecule has 0 atom stereocenters. The molecule has 0 saturated carbocycles. The van der Waals surface area contributed by atoms with Crippen molar-refractivity contribution in [3.8, 4) is 0 Å². The van der Waals surface area contributed by atoms with Crippen molar-refractivity contribution in [1.29, 1.82) is 0 Å². The molecule has 0 aromatic carbocycles. The fourth-order valence-electron chi connectivity index (χ4n) is 1.55. The molecule has 0 fully saturated rings. The van der Waals surface area contributed by atoms with Crippen molar-refractivity contribution >= 4 is 21.5 Å². The van der Waals surface area contributed by atoms with Crippen molar-refractivity contribution in [2.45, 2.75) is 67.7 Å². The number of halogens is 1. The zero-order chi connectivity index (χ0) is 17.4. The average Bonchev–Trinajstić information content (AvgIpc) is 2.55. The lowest BCUT2D eigenvalue weighted by Crippen LogP contribution is -1.95. The van der Waals surface area contributed by atoms with Gasteiger partial charge in [-0.2, -0.15) is 0 Å². The molecular formula is C18H33BrN2O. The van der Waals surface area contributed by atoms with Crippen LogP contribution in [0.2, 0.25) is 0 Å². The van der Waals surface area contributed by atoms with E-state index in [1.807, 2.05) is 27.7 Å². The van der Waals surface area contributed by atoms with E-state index < -0.39 is 0 Å². The topological polar surface area (TPSA) is 35.0 Å². The molecule has 0 saturated heterocycles. The summed E-state index contributed by atoms with van der Waals surface area (Å²) in [7, 11) is 0. The first-order chi connectivity index (χ1) is 10.6. The molecule has 128 valence electrons. The number of unbranched alkanes of at least 4 members (excludes halogenated alkanes) is 1. The van der Waals surface area contributed by atoms with Gasteiger partial charge in [-0.3, -0.25) is 4.98 Å². The summed E-state index contributed by atoms with van der Waals surface area (Å²) >= 11 is 3.33. The molecule has 0 spiro atoms. The monoisotopic (exact) mass is 372 g/mol. The van der Waals surface area contributed by atoms with Gasteiger partial charge in [-0.1, -0.05) is 40.2 Å². The molecule has 1 rings (SSSR count). The molecule has 0 aliphatic carbocycles. The third-order valence-corrected chi connectivity index (χ3v) is 2.97. The summed E-state index contributed by atoms with van der Waals surface area (Å²) in [5.41, 5.74) is 3.18. The lowest BCUT2D eigenvalue weighted by molar-refractivity contribution is 0.148. The first-order valence-corrected chi connectivity index (χ1v) is 9.10. The first kappa shape index (κ1) is 23.5. The molecule has 22 heavy (non-hydrogen) atoms. The van der Waals surface area contributed by atoms with Crippen LogP contribution in [-0.2, 0) is 4.74 Å². The molecule has 1 aromatic rings. The first-order valence-electron chi connectivity index (χ1n) is 8.30. The zero-order valence-electron chi connectivity index (χ0n) is 15.4. The highest BCUT2D eigenvalue weighted by Crippen LogP contribution is 2.17. The lowest BCUT2D eigenvalue weighted by atomic mass is 10.1. The van der Waals surface area contributed by atoms with E-state index in [0.29, 0.717) is 0 Å². The van der Waals surface area contributed by atoms with Crippen LogP contribution in [0.15, 0.2) is 16.9 Å². The van der Waals surface area contributed by atoms with E-state index in [0.717, 1.165) is 48.5 Å². The number of allylic oxidation sites excluding steroid dienone is 2. The molecule has 0 aliphatic rings. The highest BCUT2D eigenvalue weighted by atomic mass is 79.9. The number of hydrogen-bond donors (Lipinski definition) is 0. The van der Waals surface area contributed by atoms with Gasteiger partial charge in [0.25, 0.3) is 0 Å². The molecule has 1 aromatic heterocycles. The fraction of sp³-hybridized carbons (Fsp3) is 0.667. The quantitative estimate of drug-likeness (QED) is 0.556. The van der Waals surface area contributed by atoms with Crippen LogP contribution in [0.3, 0.4) is 0 Å². The van der Waals surface area contributed by atoms with Gasteiger partial charge in [0.1, 0.15) is 4.60 Å². The molecule has 0 bridgehead atoms. The number of hydrogen-bond acceptors (Lipinski definition) is 3. The van der Waals surface area contributed by atoms with Gasteiger partial charge in [0.15, 0.2) is 0 Å². The van der Waals surface area contributed by atoms with Crippen LogP contribution >= 0.6 is 15.9 Å². The van der Waals surface area contributed by atoms with Crippen molar-refractivity contribution in [2.24, 2.45) is 0 Å². The Labute approximate surface area is 145 Å². The fourth-order valence-corrected chi connectivity index (χ4v) is 1.83. The van der Waals surface area contributed by atoms with Gasteiger partial charge in [0, 0.05) is 13.2 Å². The predicted molar refractivity (Wildman–Crippen MR) is 101 cm³/mol. The van der Waals surface area contributed by atoms with Crippen molar-refractivity contribution in [2.75, 3.05) is 13.2 Å². The van der Waals surface area contributed by atoms with Gasteiger partial charge in [-0.05, 0) is 55.1 Å². The van der Waals surface area contributed by atoms with E-state index in [1.165, 1.54) is 5.57 Å². The molecule has 0 radical (unpaired) electrons. The Morgan fingerprint density at radius 2 is 1.86 bits per heavy atom. The lowest BCUT2D eigenvalue weighted by Gasteiger charge is -2.04. The SMILES string of the molecule is CC.CCC/C=C(/C)c1nc(Br)cnc1C.CCCOCC. The van der Waals surface area contributed by atoms with Crippen molar-refractivity contribution < 1.29 is 4.74 Å². The van der Waals surface area contributed by atoms with Gasteiger partial charge in [-0.15, -0.1) is 0 Å². The highest BCUT2D eigenvalue weighted by Gasteiger charge is 2.03. The maximum Gasteiger partial charge on any atom is 0.125 e. The summed E-state index contributed by atoms with van der Waals surface area (Å²) < 4.78 is 5.78. The van der Waals surface area contributed by atoms with Gasteiger partial charge in [0.2, 0.25) is 0 Å². The summed E-state index contributed by atoms with van der Waals surface area (Å²) in [6.07, 6.45) is 7.33. The van der Waals surface area contributed by atoms with Gasteiger partial charge in [-0.25, -0.2) is 4.98 Å². The largest absolute Gasteiger partial charge is 0.382 e. The Morgan fingerprint density at radius 3 is 2.32 bits per heavy atom.